The van der Waals surface area contributed by atoms with E-state index in [4.69, 9.17) is 10.5 Å². The van der Waals surface area contributed by atoms with E-state index in [2.05, 4.69) is 45.7 Å². The Kier molecular flexibility index (Phi) is 4.15. The molecule has 12 atom stereocenters. The SMILES string of the molecule is C[C@H]1C[C@H]2O[C@]3(CC[C@@]45CC3(C)C4C[C@H]3[C@H]5CCC4=C[C@@H](O)CC[C@@]43C)[C@H](C)C2(N)N(C)C1. The van der Waals surface area contributed by atoms with Crippen LogP contribution in [-0.4, -0.2) is 47.1 Å². The molecule has 2 heterocycles. The maximum Gasteiger partial charge on any atom is 0.101 e. The first-order valence-corrected chi connectivity index (χ1v) is 14.1. The number of nitrogens with two attached hydrogens (primary N) is 1. The Bertz CT molecular complexity index is 919. The van der Waals surface area contributed by atoms with E-state index in [9.17, 15) is 5.11 Å². The molecule has 0 aromatic carbocycles. The van der Waals surface area contributed by atoms with Crippen LogP contribution in [0, 0.1) is 45.8 Å². The fraction of sp³-hybridized carbons (Fsp3) is 0.931. The smallest absolute Gasteiger partial charge is 0.101 e. The fourth-order valence-electron chi connectivity index (χ4n) is 12.0. The number of piperidine rings is 1. The van der Waals surface area contributed by atoms with E-state index in [0.29, 0.717) is 22.7 Å². The second-order valence-electron chi connectivity index (χ2n) is 14.4. The van der Waals surface area contributed by atoms with Gasteiger partial charge in [0.2, 0.25) is 0 Å². The van der Waals surface area contributed by atoms with Gasteiger partial charge in [-0.05, 0) is 99.3 Å². The van der Waals surface area contributed by atoms with Gasteiger partial charge in [-0.2, -0.15) is 0 Å². The van der Waals surface area contributed by atoms with Crippen molar-refractivity contribution >= 4 is 0 Å². The van der Waals surface area contributed by atoms with Gasteiger partial charge >= 0.3 is 0 Å². The van der Waals surface area contributed by atoms with Crippen LogP contribution in [0.2, 0.25) is 0 Å². The first-order valence-electron chi connectivity index (χ1n) is 14.1. The third kappa shape index (κ3) is 2.22. The third-order valence-corrected chi connectivity index (χ3v) is 13.6. The lowest BCUT2D eigenvalue weighted by molar-refractivity contribution is -0.295. The summed E-state index contributed by atoms with van der Waals surface area (Å²) in [6.45, 7) is 11.1. The summed E-state index contributed by atoms with van der Waals surface area (Å²) in [5, 5.41) is 10.3. The molecule has 4 nitrogen and oxygen atoms in total. The number of nitrogens with zero attached hydrogens (tertiary/aromatic N) is 1. The number of likely N-dealkylation sites (N-methyl/N-ethyl adjacent to an activating group) is 1. The van der Waals surface area contributed by atoms with Crippen LogP contribution < -0.4 is 5.73 Å². The Hall–Kier alpha value is -0.420. The molecule has 2 saturated heterocycles. The van der Waals surface area contributed by atoms with Crippen LogP contribution in [-0.2, 0) is 4.74 Å². The maximum absolute atomic E-state index is 10.3. The number of ether oxygens (including phenoxy) is 1. The lowest BCUT2D eigenvalue weighted by Gasteiger charge is -2.73. The highest BCUT2D eigenvalue weighted by Crippen LogP contribution is 2.84. The quantitative estimate of drug-likeness (QED) is 0.521. The van der Waals surface area contributed by atoms with Crippen molar-refractivity contribution in [2.75, 3.05) is 13.6 Å². The van der Waals surface area contributed by atoms with Crippen molar-refractivity contribution in [3.05, 3.63) is 11.6 Å². The monoisotopic (exact) mass is 454 g/mol. The van der Waals surface area contributed by atoms with Crippen LogP contribution in [0.15, 0.2) is 11.6 Å². The first kappa shape index (κ1) is 21.8. The highest BCUT2D eigenvalue weighted by molar-refractivity contribution is 5.34. The minimum absolute atomic E-state index is 0.0625. The Morgan fingerprint density at radius 1 is 1.09 bits per heavy atom. The zero-order chi connectivity index (χ0) is 23.2. The molecule has 0 amide bonds. The molecule has 2 spiro atoms. The predicted molar refractivity (Wildman–Crippen MR) is 130 cm³/mol. The van der Waals surface area contributed by atoms with Gasteiger partial charge in [-0.3, -0.25) is 4.90 Å². The molecule has 8 aliphatic rings. The summed E-state index contributed by atoms with van der Waals surface area (Å²) in [4.78, 5) is 2.45. The second kappa shape index (κ2) is 6.28. The van der Waals surface area contributed by atoms with Crippen molar-refractivity contribution in [2.45, 2.75) is 109 Å². The average Bonchev–Trinajstić information content (AvgIpc) is 3.16. The van der Waals surface area contributed by atoms with Crippen LogP contribution in [0.3, 0.4) is 0 Å². The molecule has 4 heteroatoms. The summed E-state index contributed by atoms with van der Waals surface area (Å²) in [5.41, 5.74) is 9.62. The molecular formula is C29H46N2O2. The summed E-state index contributed by atoms with van der Waals surface area (Å²) in [7, 11) is 2.24. The molecule has 6 aliphatic carbocycles. The maximum atomic E-state index is 10.3. The van der Waals surface area contributed by atoms with E-state index in [-0.39, 0.29) is 28.9 Å². The van der Waals surface area contributed by atoms with Crippen molar-refractivity contribution < 1.29 is 9.84 Å². The van der Waals surface area contributed by atoms with Gasteiger partial charge in [-0.15, -0.1) is 0 Å². The van der Waals surface area contributed by atoms with E-state index in [1.54, 1.807) is 5.57 Å². The van der Waals surface area contributed by atoms with Crippen molar-refractivity contribution in [3.63, 3.8) is 0 Å². The standard InChI is InChI=1S/C29H46N2O2/c1-17-12-24-29(30,31(5)15-17)18(2)28(33-24)11-10-27-16-26(28,4)23(27)14-22-21(27)7-6-19-13-20(32)8-9-25(19,22)3/h13,17-18,20-24,32H,6-12,14-16,30H2,1-5H3/t17-,18-,20-,21+,22-,23?,24+,25-,26?,27-,28+,29?/m0/s1. The number of likely N-dealkylation sites (tertiary alicyclic amines) is 1. The highest BCUT2D eigenvalue weighted by Gasteiger charge is 2.82. The van der Waals surface area contributed by atoms with Gasteiger partial charge in [0, 0.05) is 17.9 Å². The zero-order valence-corrected chi connectivity index (χ0v) is 21.6. The first-order chi connectivity index (χ1) is 15.5. The largest absolute Gasteiger partial charge is 0.389 e. The minimum Gasteiger partial charge on any atom is -0.389 e. The molecule has 0 radical (unpaired) electrons. The third-order valence-electron chi connectivity index (χ3n) is 13.6. The summed E-state index contributed by atoms with van der Waals surface area (Å²) in [6, 6.07) is 0. The predicted octanol–water partition coefficient (Wildman–Crippen LogP) is 4.71. The molecule has 5 saturated carbocycles. The molecule has 184 valence electrons. The number of allylic oxidation sites excluding steroid dienone is 1. The van der Waals surface area contributed by atoms with Crippen molar-refractivity contribution in [1.82, 2.24) is 4.90 Å². The second-order valence-corrected chi connectivity index (χ2v) is 14.4. The van der Waals surface area contributed by atoms with Gasteiger partial charge in [0.1, 0.15) is 5.66 Å². The van der Waals surface area contributed by atoms with Gasteiger partial charge in [-0.1, -0.05) is 39.3 Å². The van der Waals surface area contributed by atoms with Crippen molar-refractivity contribution in [2.24, 2.45) is 51.6 Å². The zero-order valence-electron chi connectivity index (χ0n) is 21.6. The molecule has 3 N–H and O–H groups in total. The van der Waals surface area contributed by atoms with Crippen LogP contribution in [0.25, 0.3) is 0 Å². The fourth-order valence-corrected chi connectivity index (χ4v) is 12.0. The highest BCUT2D eigenvalue weighted by atomic mass is 16.5. The van der Waals surface area contributed by atoms with Crippen LogP contribution >= 0.6 is 0 Å². The Labute approximate surface area is 200 Å². The summed E-state index contributed by atoms with van der Waals surface area (Å²) >= 11 is 0. The minimum atomic E-state index is -0.322. The Balaban J connectivity index is 1.26. The average molecular weight is 455 g/mol. The number of hydrogen-bond acceptors (Lipinski definition) is 4. The molecule has 7 fully saturated rings. The van der Waals surface area contributed by atoms with Crippen LogP contribution in [0.5, 0.6) is 0 Å². The number of rotatable bonds is 0. The lowest BCUT2D eigenvalue weighted by Crippen LogP contribution is -2.73. The van der Waals surface area contributed by atoms with Gasteiger partial charge in [0.15, 0.2) is 0 Å². The molecule has 0 aromatic heterocycles. The molecule has 8 rings (SSSR count). The topological polar surface area (TPSA) is 58.7 Å². The normalized spacial score (nSPS) is 63.8. The summed E-state index contributed by atoms with van der Waals surface area (Å²) < 4.78 is 7.30. The van der Waals surface area contributed by atoms with Crippen molar-refractivity contribution in [1.29, 1.82) is 0 Å². The number of fused-ring (bicyclic) bond motifs is 5. The van der Waals surface area contributed by atoms with E-state index in [1.165, 1.54) is 44.9 Å². The molecule has 0 aromatic rings. The van der Waals surface area contributed by atoms with Gasteiger partial charge in [0.25, 0.3) is 0 Å². The summed E-state index contributed by atoms with van der Waals surface area (Å²) in [6.07, 6.45) is 13.3. The van der Waals surface area contributed by atoms with E-state index < -0.39 is 0 Å². The Morgan fingerprint density at radius 3 is 2.67 bits per heavy atom. The molecule has 2 bridgehead atoms. The molecular weight excluding hydrogens is 408 g/mol. The van der Waals surface area contributed by atoms with Crippen LogP contribution in [0.1, 0.15) is 85.5 Å². The summed E-state index contributed by atoms with van der Waals surface area (Å²) in [5.74, 6) is 3.47. The molecule has 33 heavy (non-hydrogen) atoms. The Morgan fingerprint density at radius 2 is 1.88 bits per heavy atom. The number of aliphatic hydroxyl groups is 1. The molecule has 2 aliphatic heterocycles. The van der Waals surface area contributed by atoms with Gasteiger partial charge in [0.05, 0.1) is 17.8 Å². The van der Waals surface area contributed by atoms with E-state index >= 15 is 0 Å². The number of aliphatic hydroxyl groups excluding tert-OH is 1. The van der Waals surface area contributed by atoms with E-state index in [1.807, 2.05) is 0 Å². The van der Waals surface area contributed by atoms with Crippen molar-refractivity contribution in [3.8, 4) is 0 Å². The number of hydrogen-bond donors (Lipinski definition) is 2. The lowest BCUT2D eigenvalue weighted by atomic mass is 9.33. The molecule has 3 unspecified atom stereocenters. The van der Waals surface area contributed by atoms with Gasteiger partial charge in [-0.25, -0.2) is 0 Å². The van der Waals surface area contributed by atoms with Crippen LogP contribution in [0.4, 0.5) is 0 Å². The van der Waals surface area contributed by atoms with Gasteiger partial charge < -0.3 is 15.6 Å². The van der Waals surface area contributed by atoms with E-state index in [0.717, 1.165) is 37.1 Å².